The van der Waals surface area contributed by atoms with Gasteiger partial charge >= 0.3 is 0 Å². The van der Waals surface area contributed by atoms with Crippen molar-refractivity contribution in [3.63, 3.8) is 0 Å². The Hall–Kier alpha value is -0.990. The molecule has 3 N–H and O–H groups in total. The minimum absolute atomic E-state index is 0.0153. The van der Waals surface area contributed by atoms with E-state index in [4.69, 9.17) is 5.73 Å². The fraction of sp³-hybridized carbons (Fsp3) is 0.700. The predicted octanol–water partition coefficient (Wildman–Crippen LogP) is 1.66. The highest BCUT2D eigenvalue weighted by molar-refractivity contribution is 5.78. The number of rotatable bonds is 2. The van der Waals surface area contributed by atoms with E-state index in [0.29, 0.717) is 12.5 Å². The number of nitrogens with one attached hydrogen (secondary N) is 1. The molecule has 3 heteroatoms. The minimum Gasteiger partial charge on any atom is -0.370 e. The molecule has 0 aromatic heterocycles. The van der Waals surface area contributed by atoms with Crippen LogP contribution in [0.1, 0.15) is 34.6 Å². The van der Waals surface area contributed by atoms with Crippen LogP contribution in [-0.4, -0.2) is 18.0 Å². The Morgan fingerprint density at radius 1 is 1.38 bits per heavy atom. The van der Waals surface area contributed by atoms with E-state index in [0.717, 1.165) is 0 Å². The molecule has 0 saturated carbocycles. The molecule has 0 aliphatic carbocycles. The van der Waals surface area contributed by atoms with Crippen LogP contribution in [0, 0.1) is 0 Å². The highest BCUT2D eigenvalue weighted by Crippen LogP contribution is 1.97. The van der Waals surface area contributed by atoms with Crippen LogP contribution in [0.3, 0.4) is 0 Å². The van der Waals surface area contributed by atoms with Crippen LogP contribution >= 0.6 is 0 Å². The Bertz CT molecular complexity index is 205. The summed E-state index contributed by atoms with van der Waals surface area (Å²) >= 11 is 0. The molecule has 0 aromatic carbocycles. The zero-order valence-electron chi connectivity index (χ0n) is 9.31. The van der Waals surface area contributed by atoms with Gasteiger partial charge in [0.15, 0.2) is 5.96 Å². The molecule has 0 rings (SSSR count). The van der Waals surface area contributed by atoms with E-state index in [9.17, 15) is 0 Å². The lowest BCUT2D eigenvalue weighted by atomic mass is 10.1. The summed E-state index contributed by atoms with van der Waals surface area (Å²) in [6, 6.07) is 0. The Morgan fingerprint density at radius 2 is 1.92 bits per heavy atom. The van der Waals surface area contributed by atoms with Gasteiger partial charge in [-0.3, -0.25) is 0 Å². The highest BCUT2D eigenvalue weighted by Gasteiger charge is 2.08. The van der Waals surface area contributed by atoms with E-state index >= 15 is 0 Å². The monoisotopic (exact) mass is 183 g/mol. The van der Waals surface area contributed by atoms with Crippen molar-refractivity contribution in [2.24, 2.45) is 10.7 Å². The Kier molecular flexibility index (Phi) is 4.52. The van der Waals surface area contributed by atoms with Gasteiger partial charge < -0.3 is 11.1 Å². The van der Waals surface area contributed by atoms with Crippen molar-refractivity contribution in [3.05, 3.63) is 11.6 Å². The summed E-state index contributed by atoms with van der Waals surface area (Å²) < 4.78 is 0. The lowest BCUT2D eigenvalue weighted by Gasteiger charge is -2.20. The van der Waals surface area contributed by atoms with Gasteiger partial charge in [-0.2, -0.15) is 0 Å². The first kappa shape index (κ1) is 12.0. The molecule has 0 bridgehead atoms. The zero-order valence-corrected chi connectivity index (χ0v) is 9.31. The average Bonchev–Trinajstić information content (AvgIpc) is 1.81. The van der Waals surface area contributed by atoms with Gasteiger partial charge in [0.2, 0.25) is 0 Å². The third-order valence-corrected chi connectivity index (χ3v) is 1.26. The number of allylic oxidation sites excluding steroid dienone is 1. The van der Waals surface area contributed by atoms with E-state index in [2.05, 4.69) is 31.1 Å². The number of nitrogens with two attached hydrogens (primary N) is 1. The van der Waals surface area contributed by atoms with Crippen LogP contribution in [0.15, 0.2) is 16.6 Å². The predicted molar refractivity (Wildman–Crippen MR) is 58.8 cm³/mol. The molecule has 0 fully saturated rings. The molecule has 0 aliphatic rings. The second-order valence-corrected chi connectivity index (χ2v) is 4.38. The topological polar surface area (TPSA) is 50.4 Å². The molecule has 13 heavy (non-hydrogen) atoms. The van der Waals surface area contributed by atoms with Crippen molar-refractivity contribution < 1.29 is 0 Å². The van der Waals surface area contributed by atoms with Crippen LogP contribution in [0.4, 0.5) is 0 Å². The molecule has 0 heterocycles. The molecule has 0 saturated heterocycles. The first-order valence-corrected chi connectivity index (χ1v) is 4.53. The summed E-state index contributed by atoms with van der Waals surface area (Å²) in [4.78, 5) is 4.16. The maximum atomic E-state index is 5.66. The van der Waals surface area contributed by atoms with Crippen molar-refractivity contribution in [3.8, 4) is 0 Å². The minimum atomic E-state index is -0.0153. The van der Waals surface area contributed by atoms with E-state index in [1.165, 1.54) is 5.57 Å². The Balaban J connectivity index is 3.97. The molecule has 0 atom stereocenters. The number of nitrogens with zero attached hydrogens (tertiary/aromatic N) is 1. The molecule has 0 aromatic rings. The van der Waals surface area contributed by atoms with E-state index in [1.807, 2.05) is 19.9 Å². The van der Waals surface area contributed by atoms with E-state index < -0.39 is 0 Å². The van der Waals surface area contributed by atoms with Crippen LogP contribution in [0.2, 0.25) is 0 Å². The average molecular weight is 183 g/mol. The quantitative estimate of drug-likeness (QED) is 0.388. The molecule has 0 radical (unpaired) electrons. The molecule has 0 spiro atoms. The Labute approximate surface area is 81.1 Å². The van der Waals surface area contributed by atoms with Crippen molar-refractivity contribution in [1.82, 2.24) is 5.32 Å². The first-order chi connectivity index (χ1) is 5.81. The fourth-order valence-electron chi connectivity index (χ4n) is 0.750. The van der Waals surface area contributed by atoms with Gasteiger partial charge in [0.25, 0.3) is 0 Å². The number of hydrogen-bond acceptors (Lipinski definition) is 1. The molecule has 3 nitrogen and oxygen atoms in total. The fourth-order valence-corrected chi connectivity index (χ4v) is 0.750. The summed E-state index contributed by atoms with van der Waals surface area (Å²) in [6.45, 7) is 10.9. The first-order valence-electron chi connectivity index (χ1n) is 4.53. The van der Waals surface area contributed by atoms with Crippen molar-refractivity contribution in [1.29, 1.82) is 0 Å². The summed E-state index contributed by atoms with van der Waals surface area (Å²) in [5.41, 5.74) is 6.90. The van der Waals surface area contributed by atoms with Gasteiger partial charge in [-0.05, 0) is 34.6 Å². The smallest absolute Gasteiger partial charge is 0.189 e. The van der Waals surface area contributed by atoms with Gasteiger partial charge in [0.05, 0.1) is 6.54 Å². The molecular formula is C10H21N3. The number of guanidine groups is 1. The summed E-state index contributed by atoms with van der Waals surface area (Å²) in [7, 11) is 0. The second-order valence-electron chi connectivity index (χ2n) is 4.38. The molecular weight excluding hydrogens is 162 g/mol. The maximum absolute atomic E-state index is 5.66. The van der Waals surface area contributed by atoms with E-state index in [1.54, 1.807) is 0 Å². The third kappa shape index (κ3) is 8.92. The maximum Gasteiger partial charge on any atom is 0.189 e. The summed E-state index contributed by atoms with van der Waals surface area (Å²) in [5.74, 6) is 0.505. The number of hydrogen-bond donors (Lipinski definition) is 2. The SMILES string of the molecule is CC(C)=CCN=C(N)NC(C)(C)C. The zero-order chi connectivity index (χ0) is 10.5. The molecule has 0 amide bonds. The van der Waals surface area contributed by atoms with Crippen LogP contribution in [0.5, 0.6) is 0 Å². The van der Waals surface area contributed by atoms with Crippen molar-refractivity contribution in [2.75, 3.05) is 6.54 Å². The summed E-state index contributed by atoms with van der Waals surface area (Å²) in [5, 5.41) is 3.09. The number of aliphatic imine (C=N–C) groups is 1. The molecule has 76 valence electrons. The lowest BCUT2D eigenvalue weighted by Crippen LogP contribution is -2.45. The van der Waals surface area contributed by atoms with Gasteiger partial charge in [0, 0.05) is 5.54 Å². The van der Waals surface area contributed by atoms with Gasteiger partial charge in [0.1, 0.15) is 0 Å². The third-order valence-electron chi connectivity index (χ3n) is 1.26. The standard InChI is InChI=1S/C10H21N3/c1-8(2)6-7-12-9(11)13-10(3,4)5/h6H,7H2,1-5H3,(H3,11,12,13). The highest BCUT2D eigenvalue weighted by atomic mass is 15.1. The van der Waals surface area contributed by atoms with Crippen molar-refractivity contribution in [2.45, 2.75) is 40.2 Å². The van der Waals surface area contributed by atoms with Crippen molar-refractivity contribution >= 4 is 5.96 Å². The molecule has 0 unspecified atom stereocenters. The molecule has 0 aliphatic heterocycles. The normalized spacial score (nSPS) is 12.5. The second kappa shape index (κ2) is 4.90. The lowest BCUT2D eigenvalue weighted by molar-refractivity contribution is 0.508. The van der Waals surface area contributed by atoms with Crippen LogP contribution < -0.4 is 11.1 Å². The van der Waals surface area contributed by atoms with Gasteiger partial charge in [-0.25, -0.2) is 4.99 Å². The Morgan fingerprint density at radius 3 is 2.31 bits per heavy atom. The van der Waals surface area contributed by atoms with Gasteiger partial charge in [-0.1, -0.05) is 11.6 Å². The van der Waals surface area contributed by atoms with Crippen LogP contribution in [0.25, 0.3) is 0 Å². The van der Waals surface area contributed by atoms with Crippen LogP contribution in [-0.2, 0) is 0 Å². The largest absolute Gasteiger partial charge is 0.370 e. The van der Waals surface area contributed by atoms with E-state index in [-0.39, 0.29) is 5.54 Å². The van der Waals surface area contributed by atoms with Gasteiger partial charge in [-0.15, -0.1) is 0 Å². The summed E-state index contributed by atoms with van der Waals surface area (Å²) in [6.07, 6.45) is 2.04.